The van der Waals surface area contributed by atoms with Crippen LogP contribution in [0, 0.1) is 0 Å². The number of nitrogens with zero attached hydrogens (tertiary/aromatic N) is 2. The van der Waals surface area contributed by atoms with E-state index in [9.17, 15) is 0 Å². The van der Waals surface area contributed by atoms with Gasteiger partial charge in [-0.05, 0) is 34.1 Å². The Labute approximate surface area is 107 Å². The second-order valence-corrected chi connectivity index (χ2v) is 5.42. The van der Waals surface area contributed by atoms with E-state index in [2.05, 4.69) is 37.3 Å². The molecule has 2 heterocycles. The van der Waals surface area contributed by atoms with E-state index >= 15 is 0 Å². The largest absolute Gasteiger partial charge is 0.384 e. The zero-order chi connectivity index (χ0) is 11.5. The zero-order valence-electron chi connectivity index (χ0n) is 8.85. The topological polar surface area (TPSA) is 42.1 Å². The summed E-state index contributed by atoms with van der Waals surface area (Å²) in [6.45, 7) is 0.840. The molecule has 2 aromatic rings. The average Bonchev–Trinajstić information content (AvgIpc) is 2.64. The van der Waals surface area contributed by atoms with Gasteiger partial charge in [0.05, 0.1) is 6.54 Å². The van der Waals surface area contributed by atoms with Crippen LogP contribution in [0.1, 0.15) is 4.88 Å². The first-order valence-corrected chi connectivity index (χ1v) is 6.49. The van der Waals surface area contributed by atoms with Crippen molar-refractivity contribution in [1.29, 1.82) is 0 Å². The van der Waals surface area contributed by atoms with E-state index < -0.39 is 0 Å². The molecule has 2 N–H and O–H groups in total. The molecule has 0 radical (unpaired) electrons. The van der Waals surface area contributed by atoms with Crippen molar-refractivity contribution in [2.45, 2.75) is 6.54 Å². The molecule has 0 atom stereocenters. The fourth-order valence-corrected chi connectivity index (χ4v) is 2.91. The Kier molecular flexibility index (Phi) is 3.46. The van der Waals surface area contributed by atoms with Crippen LogP contribution in [0.25, 0.3) is 0 Å². The summed E-state index contributed by atoms with van der Waals surface area (Å²) in [5.74, 6) is 1.45. The Morgan fingerprint density at radius 3 is 2.94 bits per heavy atom. The van der Waals surface area contributed by atoms with E-state index in [1.54, 1.807) is 17.4 Å². The normalized spacial score (nSPS) is 10.4. The first-order chi connectivity index (χ1) is 7.65. The van der Waals surface area contributed by atoms with Crippen LogP contribution in [0.15, 0.2) is 34.1 Å². The average molecular weight is 298 g/mol. The van der Waals surface area contributed by atoms with E-state index in [-0.39, 0.29) is 0 Å². The van der Waals surface area contributed by atoms with Crippen LogP contribution in [-0.4, -0.2) is 12.0 Å². The highest BCUT2D eigenvalue weighted by Gasteiger charge is 2.05. The monoisotopic (exact) mass is 297 g/mol. The highest BCUT2D eigenvalue weighted by atomic mass is 79.9. The SMILES string of the molecule is CN(Cc1cc(Br)cs1)c1cccc(N)n1. The van der Waals surface area contributed by atoms with Crippen LogP contribution in [0.2, 0.25) is 0 Å². The smallest absolute Gasteiger partial charge is 0.131 e. The molecule has 3 nitrogen and oxygen atoms in total. The van der Waals surface area contributed by atoms with Gasteiger partial charge in [-0.15, -0.1) is 11.3 Å². The predicted octanol–water partition coefficient (Wildman–Crippen LogP) is 3.12. The van der Waals surface area contributed by atoms with Crippen LogP contribution in [0.4, 0.5) is 11.6 Å². The molecule has 0 aliphatic rings. The van der Waals surface area contributed by atoms with Crippen molar-refractivity contribution in [3.05, 3.63) is 39.0 Å². The van der Waals surface area contributed by atoms with E-state index in [0.29, 0.717) is 5.82 Å². The number of anilines is 2. The van der Waals surface area contributed by atoms with Gasteiger partial charge >= 0.3 is 0 Å². The lowest BCUT2D eigenvalue weighted by molar-refractivity contribution is 0.914. The third-order valence-electron chi connectivity index (χ3n) is 2.16. The standard InChI is InChI=1S/C11H12BrN3S/c1-15(6-9-5-8(12)7-16-9)11-4-2-3-10(13)14-11/h2-5,7H,6H2,1H3,(H2,13,14). The van der Waals surface area contributed by atoms with Gasteiger partial charge in [0.25, 0.3) is 0 Å². The van der Waals surface area contributed by atoms with Crippen molar-refractivity contribution in [3.63, 3.8) is 0 Å². The zero-order valence-corrected chi connectivity index (χ0v) is 11.3. The maximum absolute atomic E-state index is 5.65. The molecule has 0 amide bonds. The highest BCUT2D eigenvalue weighted by Crippen LogP contribution is 2.22. The maximum Gasteiger partial charge on any atom is 0.131 e. The lowest BCUT2D eigenvalue weighted by atomic mass is 10.4. The summed E-state index contributed by atoms with van der Waals surface area (Å²) in [6.07, 6.45) is 0. The third kappa shape index (κ3) is 2.74. The minimum atomic E-state index is 0.553. The van der Waals surface area contributed by atoms with Crippen molar-refractivity contribution < 1.29 is 0 Å². The lowest BCUT2D eigenvalue weighted by Crippen LogP contribution is -2.17. The van der Waals surface area contributed by atoms with Crippen LogP contribution in [0.5, 0.6) is 0 Å². The summed E-state index contributed by atoms with van der Waals surface area (Å²) in [4.78, 5) is 7.64. The fraction of sp³-hybridized carbons (Fsp3) is 0.182. The molecule has 0 saturated carbocycles. The Balaban J connectivity index is 2.11. The van der Waals surface area contributed by atoms with Crippen LogP contribution < -0.4 is 10.6 Å². The number of nitrogens with two attached hydrogens (primary N) is 1. The maximum atomic E-state index is 5.65. The molecule has 0 bridgehead atoms. The Bertz CT molecular complexity index is 484. The number of aromatic nitrogens is 1. The van der Waals surface area contributed by atoms with Crippen molar-refractivity contribution >= 4 is 38.9 Å². The number of nitrogen functional groups attached to an aromatic ring is 1. The molecule has 0 fully saturated rings. The quantitative estimate of drug-likeness (QED) is 0.946. The highest BCUT2D eigenvalue weighted by molar-refractivity contribution is 9.10. The second kappa shape index (κ2) is 4.84. The van der Waals surface area contributed by atoms with Gasteiger partial charge < -0.3 is 10.6 Å². The molecule has 2 aromatic heterocycles. The van der Waals surface area contributed by atoms with Gasteiger partial charge in [0, 0.05) is 21.8 Å². The Morgan fingerprint density at radius 1 is 1.50 bits per heavy atom. The van der Waals surface area contributed by atoms with E-state index in [0.717, 1.165) is 16.8 Å². The fourth-order valence-electron chi connectivity index (χ4n) is 1.40. The van der Waals surface area contributed by atoms with Crippen molar-refractivity contribution in [2.24, 2.45) is 0 Å². The van der Waals surface area contributed by atoms with Crippen molar-refractivity contribution in [2.75, 3.05) is 17.7 Å². The number of hydrogen-bond acceptors (Lipinski definition) is 4. The molecular formula is C11H12BrN3S. The summed E-state index contributed by atoms with van der Waals surface area (Å²) in [5.41, 5.74) is 5.65. The minimum Gasteiger partial charge on any atom is -0.384 e. The van der Waals surface area contributed by atoms with Gasteiger partial charge in [-0.1, -0.05) is 6.07 Å². The number of pyridine rings is 1. The number of thiophene rings is 1. The van der Waals surface area contributed by atoms with Crippen LogP contribution in [0.3, 0.4) is 0 Å². The summed E-state index contributed by atoms with van der Waals surface area (Å²) in [5, 5.41) is 2.08. The summed E-state index contributed by atoms with van der Waals surface area (Å²) in [6, 6.07) is 7.78. The molecule has 0 aromatic carbocycles. The molecule has 0 saturated heterocycles. The second-order valence-electron chi connectivity index (χ2n) is 3.51. The first kappa shape index (κ1) is 11.4. The first-order valence-electron chi connectivity index (χ1n) is 4.82. The predicted molar refractivity (Wildman–Crippen MR) is 72.8 cm³/mol. The van der Waals surface area contributed by atoms with Gasteiger partial charge in [0.2, 0.25) is 0 Å². The summed E-state index contributed by atoms with van der Waals surface area (Å²) < 4.78 is 1.13. The Hall–Kier alpha value is -1.07. The van der Waals surface area contributed by atoms with Crippen LogP contribution >= 0.6 is 27.3 Å². The van der Waals surface area contributed by atoms with E-state index in [4.69, 9.17) is 5.73 Å². The van der Waals surface area contributed by atoms with Crippen LogP contribution in [-0.2, 0) is 6.54 Å². The lowest BCUT2D eigenvalue weighted by Gasteiger charge is -2.17. The number of hydrogen-bond donors (Lipinski definition) is 1. The molecule has 5 heteroatoms. The Morgan fingerprint density at radius 2 is 2.31 bits per heavy atom. The molecule has 16 heavy (non-hydrogen) atoms. The van der Waals surface area contributed by atoms with Gasteiger partial charge in [0.15, 0.2) is 0 Å². The van der Waals surface area contributed by atoms with Gasteiger partial charge in [-0.3, -0.25) is 0 Å². The number of rotatable bonds is 3. The molecule has 0 aliphatic carbocycles. The van der Waals surface area contributed by atoms with E-state index in [1.165, 1.54) is 4.88 Å². The van der Waals surface area contributed by atoms with Gasteiger partial charge in [-0.2, -0.15) is 0 Å². The van der Waals surface area contributed by atoms with Gasteiger partial charge in [-0.25, -0.2) is 4.98 Å². The van der Waals surface area contributed by atoms with Gasteiger partial charge in [0.1, 0.15) is 11.6 Å². The summed E-state index contributed by atoms with van der Waals surface area (Å²) >= 11 is 5.18. The van der Waals surface area contributed by atoms with Crippen molar-refractivity contribution in [3.8, 4) is 0 Å². The molecule has 0 unspecified atom stereocenters. The number of halogens is 1. The molecule has 2 rings (SSSR count). The minimum absolute atomic E-state index is 0.553. The van der Waals surface area contributed by atoms with E-state index in [1.807, 2.05) is 19.2 Å². The molecule has 84 valence electrons. The summed E-state index contributed by atoms with van der Waals surface area (Å²) in [7, 11) is 2.01. The molecule has 0 spiro atoms. The third-order valence-corrected chi connectivity index (χ3v) is 3.84. The van der Waals surface area contributed by atoms with Crippen molar-refractivity contribution in [1.82, 2.24) is 4.98 Å². The molecule has 0 aliphatic heterocycles. The molecular weight excluding hydrogens is 286 g/mol.